The fraction of sp³-hybridized carbons (Fsp3) is 0.190. The second kappa shape index (κ2) is 10.3. The minimum absolute atomic E-state index is 0.140. The van der Waals surface area contributed by atoms with E-state index in [1.54, 1.807) is 42.6 Å². The Morgan fingerprint density at radius 2 is 1.87 bits per heavy atom. The smallest absolute Gasteiger partial charge is 0.337 e. The average molecular weight is 446 g/mol. The molecule has 0 aliphatic heterocycles. The molecule has 156 valence electrons. The Hall–Kier alpha value is -2.81. The number of esters is 1. The number of amides is 1. The number of aromatic nitrogens is 2. The topological polar surface area (TPSA) is 93.4 Å². The van der Waals surface area contributed by atoms with Gasteiger partial charge in [-0.05, 0) is 42.0 Å². The van der Waals surface area contributed by atoms with Crippen LogP contribution in [0.15, 0.2) is 59.9 Å². The zero-order valence-electron chi connectivity index (χ0n) is 16.2. The number of aliphatic hydroxyl groups is 1. The van der Waals surface area contributed by atoms with Crippen molar-refractivity contribution in [1.82, 2.24) is 9.55 Å². The first-order valence-corrected chi connectivity index (χ1v) is 10.4. The monoisotopic (exact) mass is 445 g/mol. The highest BCUT2D eigenvalue weighted by atomic mass is 35.5. The number of carbonyl (C=O) groups is 2. The van der Waals surface area contributed by atoms with Gasteiger partial charge in [-0.2, -0.15) is 0 Å². The van der Waals surface area contributed by atoms with Crippen LogP contribution in [0, 0.1) is 0 Å². The minimum Gasteiger partial charge on any atom is -0.465 e. The van der Waals surface area contributed by atoms with Gasteiger partial charge in [0, 0.05) is 17.3 Å². The summed E-state index contributed by atoms with van der Waals surface area (Å²) in [6.45, 7) is 0.353. The maximum absolute atomic E-state index is 12.3. The van der Waals surface area contributed by atoms with E-state index in [1.165, 1.54) is 18.9 Å². The van der Waals surface area contributed by atoms with Crippen LogP contribution < -0.4 is 5.32 Å². The van der Waals surface area contributed by atoms with E-state index >= 15 is 0 Å². The Bertz CT molecular complexity index is 1020. The molecule has 0 saturated carbocycles. The Kier molecular flexibility index (Phi) is 7.51. The molecular formula is C21H20ClN3O4S. The number of nitrogens with zero attached hydrogens (tertiary/aromatic N) is 2. The molecule has 2 N–H and O–H groups in total. The summed E-state index contributed by atoms with van der Waals surface area (Å²) in [5.74, 6) is -0.505. The van der Waals surface area contributed by atoms with Gasteiger partial charge in [-0.3, -0.25) is 4.79 Å². The number of thioether (sulfide) groups is 1. The van der Waals surface area contributed by atoms with Crippen molar-refractivity contribution in [3.8, 4) is 0 Å². The number of hydrogen-bond donors (Lipinski definition) is 2. The zero-order chi connectivity index (χ0) is 21.5. The van der Waals surface area contributed by atoms with Crippen molar-refractivity contribution in [2.24, 2.45) is 0 Å². The fourth-order valence-corrected chi connectivity index (χ4v) is 3.63. The molecule has 0 atom stereocenters. The summed E-state index contributed by atoms with van der Waals surface area (Å²) < 4.78 is 6.52. The number of benzene rings is 2. The maximum atomic E-state index is 12.3. The Morgan fingerprint density at radius 3 is 2.50 bits per heavy atom. The van der Waals surface area contributed by atoms with Crippen LogP contribution >= 0.6 is 23.4 Å². The zero-order valence-corrected chi connectivity index (χ0v) is 17.7. The second-order valence-electron chi connectivity index (χ2n) is 6.31. The van der Waals surface area contributed by atoms with Gasteiger partial charge >= 0.3 is 5.97 Å². The van der Waals surface area contributed by atoms with Crippen LogP contribution in [0.4, 0.5) is 5.69 Å². The van der Waals surface area contributed by atoms with Gasteiger partial charge in [0.25, 0.3) is 0 Å². The number of halogens is 1. The van der Waals surface area contributed by atoms with Crippen molar-refractivity contribution < 1.29 is 19.4 Å². The van der Waals surface area contributed by atoms with Gasteiger partial charge in [-0.15, -0.1) is 0 Å². The molecule has 7 nitrogen and oxygen atoms in total. The van der Waals surface area contributed by atoms with Crippen molar-refractivity contribution in [2.75, 3.05) is 18.2 Å². The average Bonchev–Trinajstić information content (AvgIpc) is 3.15. The van der Waals surface area contributed by atoms with Gasteiger partial charge in [0.1, 0.15) is 0 Å². The number of hydrogen-bond acceptors (Lipinski definition) is 6. The molecule has 0 aliphatic rings. The summed E-state index contributed by atoms with van der Waals surface area (Å²) in [5.41, 5.74) is 2.65. The summed E-state index contributed by atoms with van der Waals surface area (Å²) in [4.78, 5) is 28.1. The number of carbonyl (C=O) groups excluding carboxylic acids is 2. The maximum Gasteiger partial charge on any atom is 0.337 e. The molecule has 0 spiro atoms. The van der Waals surface area contributed by atoms with Crippen LogP contribution in [0.3, 0.4) is 0 Å². The van der Waals surface area contributed by atoms with Crippen LogP contribution in [0.2, 0.25) is 5.02 Å². The molecule has 30 heavy (non-hydrogen) atoms. The minimum atomic E-state index is -0.435. The number of imidazole rings is 1. The number of methoxy groups -OCH3 is 1. The molecule has 1 amide bonds. The number of nitrogens with one attached hydrogen (secondary N) is 1. The van der Waals surface area contributed by atoms with Crippen LogP contribution in [-0.2, 0) is 22.7 Å². The number of ether oxygens (including phenoxy) is 1. The molecule has 9 heteroatoms. The highest BCUT2D eigenvalue weighted by Gasteiger charge is 2.13. The normalized spacial score (nSPS) is 10.6. The number of rotatable bonds is 8. The lowest BCUT2D eigenvalue weighted by Crippen LogP contribution is -2.15. The Morgan fingerprint density at radius 1 is 1.17 bits per heavy atom. The van der Waals surface area contributed by atoms with E-state index < -0.39 is 5.97 Å². The molecular weight excluding hydrogens is 426 g/mol. The first kappa shape index (κ1) is 21.9. The molecule has 3 rings (SSSR count). The van der Waals surface area contributed by atoms with E-state index in [4.69, 9.17) is 11.6 Å². The van der Waals surface area contributed by atoms with Crippen LogP contribution in [0.1, 0.15) is 21.6 Å². The lowest BCUT2D eigenvalue weighted by atomic mass is 10.2. The molecule has 0 aliphatic carbocycles. The molecule has 1 heterocycles. The van der Waals surface area contributed by atoms with Crippen LogP contribution in [0.5, 0.6) is 0 Å². The third kappa shape index (κ3) is 5.63. The van der Waals surface area contributed by atoms with Crippen LogP contribution in [0.25, 0.3) is 0 Å². The molecule has 1 aromatic heterocycles. The molecule has 2 aromatic carbocycles. The summed E-state index contributed by atoms with van der Waals surface area (Å²) in [6, 6.07) is 13.9. The molecule has 0 radical (unpaired) electrons. The van der Waals surface area contributed by atoms with Crippen molar-refractivity contribution in [3.05, 3.63) is 76.6 Å². The third-order valence-corrected chi connectivity index (χ3v) is 5.48. The van der Waals surface area contributed by atoms with Gasteiger partial charge < -0.3 is 19.7 Å². The first-order chi connectivity index (χ1) is 14.5. The van der Waals surface area contributed by atoms with E-state index in [9.17, 15) is 14.7 Å². The molecule has 3 aromatic rings. The van der Waals surface area contributed by atoms with Gasteiger partial charge in [-0.1, -0.05) is 35.5 Å². The lowest BCUT2D eigenvalue weighted by molar-refractivity contribution is -0.113. The van der Waals surface area contributed by atoms with Crippen molar-refractivity contribution in [3.63, 3.8) is 0 Å². The second-order valence-corrected chi connectivity index (χ2v) is 7.69. The standard InChI is InChI=1S/C21H20ClN3O4S/c1-29-20(28)15-4-8-17(9-5-15)24-19(27)13-30-21-23-10-18(12-26)25(21)11-14-2-6-16(22)7-3-14/h2-10,26H,11-13H2,1H3,(H,24,27). The van der Waals surface area contributed by atoms with E-state index in [2.05, 4.69) is 15.0 Å². The van der Waals surface area contributed by atoms with Gasteiger partial charge in [-0.25, -0.2) is 9.78 Å². The lowest BCUT2D eigenvalue weighted by Gasteiger charge is -2.11. The highest BCUT2D eigenvalue weighted by molar-refractivity contribution is 7.99. The number of aliphatic hydroxyl groups excluding tert-OH is 1. The summed E-state index contributed by atoms with van der Waals surface area (Å²) in [5, 5.41) is 13.7. The third-order valence-electron chi connectivity index (χ3n) is 4.24. The predicted octanol–water partition coefficient (Wildman–Crippen LogP) is 3.59. The first-order valence-electron chi connectivity index (χ1n) is 9.01. The summed E-state index contributed by atoms with van der Waals surface area (Å²) >= 11 is 7.21. The van der Waals surface area contributed by atoms with E-state index in [-0.39, 0.29) is 18.3 Å². The molecule has 0 saturated heterocycles. The Balaban J connectivity index is 1.62. The molecule has 0 unspecified atom stereocenters. The highest BCUT2D eigenvalue weighted by Crippen LogP contribution is 2.22. The van der Waals surface area contributed by atoms with E-state index in [0.717, 1.165) is 5.56 Å². The fourth-order valence-electron chi connectivity index (χ4n) is 2.71. The van der Waals surface area contributed by atoms with Crippen molar-refractivity contribution >= 4 is 40.9 Å². The van der Waals surface area contributed by atoms with Gasteiger partial charge in [0.2, 0.25) is 5.91 Å². The van der Waals surface area contributed by atoms with Crippen LogP contribution in [-0.4, -0.2) is 39.4 Å². The van der Waals surface area contributed by atoms with Gasteiger partial charge in [0.05, 0.1) is 36.9 Å². The van der Waals surface area contributed by atoms with Gasteiger partial charge in [0.15, 0.2) is 5.16 Å². The van der Waals surface area contributed by atoms with Crippen molar-refractivity contribution in [2.45, 2.75) is 18.3 Å². The summed E-state index contributed by atoms with van der Waals surface area (Å²) in [7, 11) is 1.31. The van der Waals surface area contributed by atoms with Crippen molar-refractivity contribution in [1.29, 1.82) is 0 Å². The quantitative estimate of drug-likeness (QED) is 0.406. The SMILES string of the molecule is COC(=O)c1ccc(NC(=O)CSc2ncc(CO)n2Cc2ccc(Cl)cc2)cc1. The van der Waals surface area contributed by atoms with E-state index in [1.807, 2.05) is 16.7 Å². The number of anilines is 1. The molecule has 0 bridgehead atoms. The van der Waals surface area contributed by atoms with E-state index in [0.29, 0.717) is 33.7 Å². The predicted molar refractivity (Wildman–Crippen MR) is 116 cm³/mol. The summed E-state index contributed by atoms with van der Waals surface area (Å²) in [6.07, 6.45) is 1.60. The molecule has 0 fully saturated rings. The largest absolute Gasteiger partial charge is 0.465 e. The Labute approximate surface area is 183 Å².